The Morgan fingerprint density at radius 2 is 1.83 bits per heavy atom. The molecule has 1 aromatic heterocycles. The molecule has 3 aromatic rings. The number of halogens is 2. The van der Waals surface area contributed by atoms with Crippen molar-refractivity contribution in [2.75, 3.05) is 0 Å². The molecule has 1 unspecified atom stereocenters. The lowest BCUT2D eigenvalue weighted by Gasteiger charge is -2.32. The Labute approximate surface area is 186 Å². The molecule has 5 heteroatoms. The molecule has 0 radical (unpaired) electrons. The fraction of sp³-hybridized carbons (Fsp3) is 0.292. The smallest absolute Gasteiger partial charge is 0.254 e. The molecule has 0 fully saturated rings. The van der Waals surface area contributed by atoms with Crippen molar-refractivity contribution in [3.8, 4) is 0 Å². The zero-order valence-electron chi connectivity index (χ0n) is 17.0. The fourth-order valence-electron chi connectivity index (χ4n) is 3.30. The van der Waals surface area contributed by atoms with Crippen molar-refractivity contribution in [2.45, 2.75) is 39.9 Å². The molecule has 29 heavy (non-hydrogen) atoms. The van der Waals surface area contributed by atoms with Crippen LogP contribution in [0.1, 0.15) is 42.4 Å². The van der Waals surface area contributed by atoms with Crippen LogP contribution in [0.25, 0.3) is 0 Å². The molecule has 0 aliphatic heterocycles. The van der Waals surface area contributed by atoms with Gasteiger partial charge >= 0.3 is 0 Å². The average Bonchev–Trinajstić information content (AvgIpc) is 3.11. The van der Waals surface area contributed by atoms with E-state index in [2.05, 4.69) is 59.6 Å². The second kappa shape index (κ2) is 9.64. The van der Waals surface area contributed by atoms with Crippen LogP contribution in [-0.4, -0.2) is 21.4 Å². The summed E-state index contributed by atoms with van der Waals surface area (Å²) in [6.45, 7) is 7.69. The number of rotatable bonds is 7. The summed E-state index contributed by atoms with van der Waals surface area (Å²) in [5, 5.41) is 0.732. The highest BCUT2D eigenvalue weighted by molar-refractivity contribution is 9.10. The molecule has 0 bridgehead atoms. The van der Waals surface area contributed by atoms with Crippen molar-refractivity contribution >= 4 is 33.4 Å². The van der Waals surface area contributed by atoms with Gasteiger partial charge in [-0.3, -0.25) is 4.79 Å². The number of amides is 1. The van der Waals surface area contributed by atoms with E-state index in [1.807, 2.05) is 53.4 Å². The van der Waals surface area contributed by atoms with Crippen molar-refractivity contribution in [3.05, 3.63) is 93.2 Å². The van der Waals surface area contributed by atoms with E-state index in [-0.39, 0.29) is 11.9 Å². The molecule has 0 aliphatic rings. The summed E-state index contributed by atoms with van der Waals surface area (Å²) in [5.41, 5.74) is 2.93. The van der Waals surface area contributed by atoms with Gasteiger partial charge in [-0.1, -0.05) is 59.6 Å². The van der Waals surface area contributed by atoms with Crippen LogP contribution in [0.5, 0.6) is 0 Å². The Balaban J connectivity index is 1.87. The lowest BCUT2D eigenvalue weighted by atomic mass is 10.0. The van der Waals surface area contributed by atoms with Gasteiger partial charge < -0.3 is 9.47 Å². The molecule has 2 aromatic carbocycles. The normalized spacial score (nSPS) is 12.2. The third kappa shape index (κ3) is 5.52. The zero-order chi connectivity index (χ0) is 21.0. The third-order valence-electron chi connectivity index (χ3n) is 5.29. The summed E-state index contributed by atoms with van der Waals surface area (Å²) >= 11 is 9.62. The second-order valence-corrected chi connectivity index (χ2v) is 9.04. The van der Waals surface area contributed by atoms with Crippen LogP contribution in [0.3, 0.4) is 0 Å². The van der Waals surface area contributed by atoms with Crippen LogP contribution in [0, 0.1) is 5.92 Å². The van der Waals surface area contributed by atoms with E-state index < -0.39 is 0 Å². The van der Waals surface area contributed by atoms with E-state index in [4.69, 9.17) is 11.6 Å². The molecule has 0 spiro atoms. The van der Waals surface area contributed by atoms with Gasteiger partial charge in [0.1, 0.15) is 0 Å². The topological polar surface area (TPSA) is 25.2 Å². The van der Waals surface area contributed by atoms with E-state index in [0.717, 1.165) is 27.3 Å². The Hall–Kier alpha value is -2.04. The molecule has 152 valence electrons. The van der Waals surface area contributed by atoms with Gasteiger partial charge in [0.25, 0.3) is 5.91 Å². The van der Waals surface area contributed by atoms with Gasteiger partial charge in [0.2, 0.25) is 0 Å². The van der Waals surface area contributed by atoms with Crippen LogP contribution in [0.4, 0.5) is 0 Å². The van der Waals surface area contributed by atoms with Crippen LogP contribution in [0.15, 0.2) is 71.3 Å². The molecule has 0 aliphatic carbocycles. The van der Waals surface area contributed by atoms with Gasteiger partial charge in [-0.15, -0.1) is 0 Å². The number of carbonyl (C=O) groups is 1. The molecule has 3 nitrogen and oxygen atoms in total. The van der Waals surface area contributed by atoms with Crippen molar-refractivity contribution < 1.29 is 4.79 Å². The molecular weight excluding hydrogens is 448 g/mol. The lowest BCUT2D eigenvalue weighted by Crippen LogP contribution is -2.41. The Kier molecular flexibility index (Phi) is 7.20. The highest BCUT2D eigenvalue weighted by Crippen LogP contribution is 2.21. The Morgan fingerprint density at radius 3 is 2.52 bits per heavy atom. The highest BCUT2D eigenvalue weighted by Gasteiger charge is 2.25. The molecule has 0 saturated carbocycles. The van der Waals surface area contributed by atoms with E-state index >= 15 is 0 Å². The molecule has 0 saturated heterocycles. The molecule has 0 N–H and O–H groups in total. The molecule has 1 atom stereocenters. The van der Waals surface area contributed by atoms with Crippen molar-refractivity contribution in [1.29, 1.82) is 0 Å². The van der Waals surface area contributed by atoms with Crippen LogP contribution < -0.4 is 0 Å². The minimum atomic E-state index is 0.0444. The number of benzene rings is 2. The number of nitrogens with zero attached hydrogens (tertiary/aromatic N) is 2. The average molecular weight is 474 g/mol. The molecule has 3 rings (SSSR count). The predicted octanol–water partition coefficient (Wildman–Crippen LogP) is 6.64. The summed E-state index contributed by atoms with van der Waals surface area (Å²) in [6, 6.07) is 19.7. The maximum atomic E-state index is 13.4. The quantitative estimate of drug-likeness (QED) is 0.377. The number of hydrogen-bond acceptors (Lipinski definition) is 1. The summed E-state index contributed by atoms with van der Waals surface area (Å²) in [7, 11) is 0. The fourth-order valence-corrected chi connectivity index (χ4v) is 3.91. The van der Waals surface area contributed by atoms with E-state index in [1.54, 1.807) is 0 Å². The largest absolute Gasteiger partial charge is 0.345 e. The van der Waals surface area contributed by atoms with E-state index in [1.165, 1.54) is 0 Å². The predicted molar refractivity (Wildman–Crippen MR) is 123 cm³/mol. The van der Waals surface area contributed by atoms with E-state index in [0.29, 0.717) is 18.0 Å². The molecular formula is C24H26BrClN2O. The maximum Gasteiger partial charge on any atom is 0.254 e. The summed E-state index contributed by atoms with van der Waals surface area (Å²) < 4.78 is 3.09. The molecule has 1 heterocycles. The van der Waals surface area contributed by atoms with Gasteiger partial charge in [0.15, 0.2) is 0 Å². The maximum absolute atomic E-state index is 13.4. The third-order valence-corrected chi connectivity index (χ3v) is 6.02. The first-order valence-electron chi connectivity index (χ1n) is 9.80. The standard InChI is InChI=1S/C24H26BrClN2O/c1-17(2)18(3)28(24(29)20-8-5-9-21(25)14-20)16-23-11-6-12-27(23)15-19-7-4-10-22(26)13-19/h4-14,17-18H,15-16H2,1-3H3. The van der Waals surface area contributed by atoms with Gasteiger partial charge in [0.05, 0.1) is 6.54 Å². The number of hydrogen-bond donors (Lipinski definition) is 0. The van der Waals surface area contributed by atoms with Crippen molar-refractivity contribution in [1.82, 2.24) is 9.47 Å². The first-order valence-corrected chi connectivity index (χ1v) is 11.0. The van der Waals surface area contributed by atoms with Gasteiger partial charge in [-0.25, -0.2) is 0 Å². The van der Waals surface area contributed by atoms with Gasteiger partial charge in [0, 0.05) is 39.5 Å². The summed E-state index contributed by atoms with van der Waals surface area (Å²) in [5.74, 6) is 0.394. The summed E-state index contributed by atoms with van der Waals surface area (Å²) in [6.07, 6.45) is 2.05. The minimum absolute atomic E-state index is 0.0444. The SMILES string of the molecule is CC(C)C(C)N(Cc1cccn1Cc1cccc(Cl)c1)C(=O)c1cccc(Br)c1. The van der Waals surface area contributed by atoms with Crippen LogP contribution in [-0.2, 0) is 13.1 Å². The second-order valence-electron chi connectivity index (χ2n) is 7.69. The first-order chi connectivity index (χ1) is 13.8. The van der Waals surface area contributed by atoms with Crippen molar-refractivity contribution in [3.63, 3.8) is 0 Å². The zero-order valence-corrected chi connectivity index (χ0v) is 19.3. The number of carbonyl (C=O) groups excluding carboxylic acids is 1. The van der Waals surface area contributed by atoms with Gasteiger partial charge in [-0.05, 0) is 60.9 Å². The number of aromatic nitrogens is 1. The van der Waals surface area contributed by atoms with E-state index in [9.17, 15) is 4.79 Å². The van der Waals surface area contributed by atoms with Crippen LogP contribution >= 0.6 is 27.5 Å². The van der Waals surface area contributed by atoms with Crippen LogP contribution in [0.2, 0.25) is 5.02 Å². The van der Waals surface area contributed by atoms with Gasteiger partial charge in [-0.2, -0.15) is 0 Å². The minimum Gasteiger partial charge on any atom is -0.345 e. The Morgan fingerprint density at radius 1 is 1.07 bits per heavy atom. The molecule has 1 amide bonds. The lowest BCUT2D eigenvalue weighted by molar-refractivity contribution is 0.0622. The monoisotopic (exact) mass is 472 g/mol. The Bertz CT molecular complexity index is 982. The highest BCUT2D eigenvalue weighted by atomic mass is 79.9. The van der Waals surface area contributed by atoms with Crippen molar-refractivity contribution in [2.24, 2.45) is 5.92 Å². The summed E-state index contributed by atoms with van der Waals surface area (Å²) in [4.78, 5) is 15.3. The first kappa shape index (κ1) is 21.7.